The Bertz CT molecular complexity index is 704. The molecule has 0 aliphatic carbocycles. The van der Waals surface area contributed by atoms with Crippen molar-refractivity contribution in [3.05, 3.63) is 59.2 Å². The molecule has 0 bridgehead atoms. The average molecular weight is 321 g/mol. The number of anilines is 1. The second-order valence-corrected chi connectivity index (χ2v) is 4.77. The number of nitrogens with one attached hydrogen (secondary N) is 1. The standard InChI is InChI=1S/C17H17F2NO3/c1-3-23-16-7-4-11(8-12(16)10-22-2)17(21)20-15-6-5-13(18)9-14(15)19/h4-9H,3,10H2,1-2H3,(H,20,21). The molecule has 0 unspecified atom stereocenters. The maximum Gasteiger partial charge on any atom is 0.255 e. The maximum atomic E-state index is 13.6. The molecule has 2 aromatic rings. The van der Waals surface area contributed by atoms with Crippen molar-refractivity contribution in [3.8, 4) is 5.75 Å². The maximum absolute atomic E-state index is 13.6. The lowest BCUT2D eigenvalue weighted by Gasteiger charge is -2.12. The molecular weight excluding hydrogens is 304 g/mol. The number of amides is 1. The second kappa shape index (κ2) is 7.69. The fraction of sp³-hybridized carbons (Fsp3) is 0.235. The van der Waals surface area contributed by atoms with E-state index in [0.29, 0.717) is 29.5 Å². The molecule has 2 aromatic carbocycles. The van der Waals surface area contributed by atoms with Gasteiger partial charge >= 0.3 is 0 Å². The van der Waals surface area contributed by atoms with Gasteiger partial charge in [-0.2, -0.15) is 0 Å². The lowest BCUT2D eigenvalue weighted by molar-refractivity contribution is 0.102. The molecule has 2 rings (SSSR count). The zero-order valence-corrected chi connectivity index (χ0v) is 12.9. The molecule has 1 amide bonds. The summed E-state index contributed by atoms with van der Waals surface area (Å²) in [6.07, 6.45) is 0. The highest BCUT2D eigenvalue weighted by atomic mass is 19.1. The minimum atomic E-state index is -0.832. The molecule has 0 heterocycles. The summed E-state index contributed by atoms with van der Waals surface area (Å²) in [6, 6.07) is 7.81. The predicted molar refractivity (Wildman–Crippen MR) is 82.6 cm³/mol. The van der Waals surface area contributed by atoms with Crippen molar-refractivity contribution in [2.45, 2.75) is 13.5 Å². The Morgan fingerprint density at radius 3 is 2.61 bits per heavy atom. The Kier molecular flexibility index (Phi) is 5.65. The number of carbonyl (C=O) groups excluding carboxylic acids is 1. The van der Waals surface area contributed by atoms with Gasteiger partial charge in [-0.05, 0) is 37.3 Å². The van der Waals surface area contributed by atoms with E-state index in [-0.39, 0.29) is 12.3 Å². The summed E-state index contributed by atoms with van der Waals surface area (Å²) in [6.45, 7) is 2.62. The molecule has 0 radical (unpaired) electrons. The van der Waals surface area contributed by atoms with Gasteiger partial charge in [0.2, 0.25) is 0 Å². The van der Waals surface area contributed by atoms with Crippen LogP contribution in [0.3, 0.4) is 0 Å². The number of halogens is 2. The minimum Gasteiger partial charge on any atom is -0.494 e. The second-order valence-electron chi connectivity index (χ2n) is 4.77. The summed E-state index contributed by atoms with van der Waals surface area (Å²) in [4.78, 5) is 12.2. The van der Waals surface area contributed by atoms with Crippen molar-refractivity contribution >= 4 is 11.6 Å². The molecule has 0 aromatic heterocycles. The van der Waals surface area contributed by atoms with Gasteiger partial charge in [0, 0.05) is 24.3 Å². The number of methoxy groups -OCH3 is 1. The Morgan fingerprint density at radius 1 is 1.17 bits per heavy atom. The summed E-state index contributed by atoms with van der Waals surface area (Å²) < 4.78 is 37.0. The molecule has 0 saturated heterocycles. The first-order valence-corrected chi connectivity index (χ1v) is 7.06. The van der Waals surface area contributed by atoms with Crippen LogP contribution in [0.15, 0.2) is 36.4 Å². The first kappa shape index (κ1) is 16.9. The fourth-order valence-electron chi connectivity index (χ4n) is 2.07. The largest absolute Gasteiger partial charge is 0.494 e. The molecule has 23 heavy (non-hydrogen) atoms. The summed E-state index contributed by atoms with van der Waals surface area (Å²) in [5.41, 5.74) is 0.949. The van der Waals surface area contributed by atoms with Crippen molar-refractivity contribution in [1.82, 2.24) is 0 Å². The number of ether oxygens (including phenoxy) is 2. The van der Waals surface area contributed by atoms with Gasteiger partial charge in [-0.3, -0.25) is 4.79 Å². The van der Waals surface area contributed by atoms with E-state index >= 15 is 0 Å². The molecule has 0 atom stereocenters. The van der Waals surface area contributed by atoms with Crippen molar-refractivity contribution in [2.24, 2.45) is 0 Å². The van der Waals surface area contributed by atoms with Gasteiger partial charge in [-0.15, -0.1) is 0 Å². The van der Waals surface area contributed by atoms with Crippen LogP contribution < -0.4 is 10.1 Å². The van der Waals surface area contributed by atoms with Crippen LogP contribution in [0.25, 0.3) is 0 Å². The topological polar surface area (TPSA) is 47.6 Å². The Labute approximate surface area is 133 Å². The summed E-state index contributed by atoms with van der Waals surface area (Å²) in [7, 11) is 1.54. The Morgan fingerprint density at radius 2 is 1.96 bits per heavy atom. The van der Waals surface area contributed by atoms with Crippen molar-refractivity contribution < 1.29 is 23.0 Å². The van der Waals surface area contributed by atoms with Gasteiger partial charge in [-0.1, -0.05) is 0 Å². The van der Waals surface area contributed by atoms with Gasteiger partial charge in [0.05, 0.1) is 18.9 Å². The van der Waals surface area contributed by atoms with E-state index in [9.17, 15) is 13.6 Å². The van der Waals surface area contributed by atoms with E-state index in [4.69, 9.17) is 9.47 Å². The van der Waals surface area contributed by atoms with Crippen LogP contribution in [0, 0.1) is 11.6 Å². The first-order chi connectivity index (χ1) is 11.0. The summed E-state index contributed by atoms with van der Waals surface area (Å²) in [5.74, 6) is -1.42. The monoisotopic (exact) mass is 321 g/mol. The van der Waals surface area contributed by atoms with Crippen LogP contribution in [0.1, 0.15) is 22.8 Å². The fourth-order valence-corrected chi connectivity index (χ4v) is 2.07. The van der Waals surface area contributed by atoms with Crippen LogP contribution in [0.2, 0.25) is 0 Å². The van der Waals surface area contributed by atoms with Crippen LogP contribution in [0.4, 0.5) is 14.5 Å². The smallest absolute Gasteiger partial charge is 0.255 e. The number of benzene rings is 2. The average Bonchev–Trinajstić information content (AvgIpc) is 2.52. The van der Waals surface area contributed by atoms with Gasteiger partial charge in [0.25, 0.3) is 5.91 Å². The minimum absolute atomic E-state index is 0.0847. The number of carbonyl (C=O) groups is 1. The van der Waals surface area contributed by atoms with Crippen LogP contribution in [-0.2, 0) is 11.3 Å². The highest BCUT2D eigenvalue weighted by Gasteiger charge is 2.13. The quantitative estimate of drug-likeness (QED) is 0.881. The molecule has 0 fully saturated rings. The SMILES string of the molecule is CCOc1ccc(C(=O)Nc2ccc(F)cc2F)cc1COC. The van der Waals surface area contributed by atoms with E-state index in [2.05, 4.69) is 5.32 Å². The van der Waals surface area contributed by atoms with Crippen molar-refractivity contribution in [2.75, 3.05) is 19.0 Å². The lowest BCUT2D eigenvalue weighted by atomic mass is 10.1. The highest BCUT2D eigenvalue weighted by molar-refractivity contribution is 6.04. The number of hydrogen-bond acceptors (Lipinski definition) is 3. The van der Waals surface area contributed by atoms with Crippen molar-refractivity contribution in [3.63, 3.8) is 0 Å². The zero-order valence-electron chi connectivity index (χ0n) is 12.9. The number of hydrogen-bond donors (Lipinski definition) is 1. The summed E-state index contributed by atoms with van der Waals surface area (Å²) >= 11 is 0. The highest BCUT2D eigenvalue weighted by Crippen LogP contribution is 2.22. The van der Waals surface area contributed by atoms with E-state index in [0.717, 1.165) is 6.07 Å². The third kappa shape index (κ3) is 4.26. The van der Waals surface area contributed by atoms with Crippen LogP contribution in [-0.4, -0.2) is 19.6 Å². The third-order valence-electron chi connectivity index (χ3n) is 3.10. The molecule has 0 aliphatic rings. The van der Waals surface area contributed by atoms with E-state index in [1.807, 2.05) is 6.92 Å². The molecule has 0 saturated carbocycles. The van der Waals surface area contributed by atoms with Gasteiger partial charge in [-0.25, -0.2) is 8.78 Å². The van der Waals surface area contributed by atoms with Crippen LogP contribution >= 0.6 is 0 Å². The van der Waals surface area contributed by atoms with E-state index < -0.39 is 17.5 Å². The normalized spacial score (nSPS) is 10.4. The molecule has 0 aliphatic heterocycles. The lowest BCUT2D eigenvalue weighted by Crippen LogP contribution is -2.14. The van der Waals surface area contributed by atoms with E-state index in [1.54, 1.807) is 18.2 Å². The molecule has 122 valence electrons. The summed E-state index contributed by atoms with van der Waals surface area (Å²) in [5, 5.41) is 2.41. The molecular formula is C17H17F2NO3. The Hall–Kier alpha value is -2.47. The van der Waals surface area contributed by atoms with Crippen molar-refractivity contribution in [1.29, 1.82) is 0 Å². The third-order valence-corrected chi connectivity index (χ3v) is 3.10. The number of rotatable bonds is 6. The first-order valence-electron chi connectivity index (χ1n) is 7.06. The van der Waals surface area contributed by atoms with Gasteiger partial charge in [0.15, 0.2) is 0 Å². The van der Waals surface area contributed by atoms with Crippen LogP contribution in [0.5, 0.6) is 5.75 Å². The Balaban J connectivity index is 2.23. The van der Waals surface area contributed by atoms with Gasteiger partial charge in [0.1, 0.15) is 17.4 Å². The molecule has 1 N–H and O–H groups in total. The predicted octanol–water partition coefficient (Wildman–Crippen LogP) is 3.76. The molecule has 6 heteroatoms. The zero-order chi connectivity index (χ0) is 16.8. The van der Waals surface area contributed by atoms with Gasteiger partial charge < -0.3 is 14.8 Å². The molecule has 0 spiro atoms. The van der Waals surface area contributed by atoms with E-state index in [1.165, 1.54) is 13.2 Å². The molecule has 4 nitrogen and oxygen atoms in total.